The third kappa shape index (κ3) is 3.67. The molecule has 1 amide bonds. The van der Waals surface area contributed by atoms with Crippen molar-refractivity contribution in [1.82, 2.24) is 14.5 Å². The lowest BCUT2D eigenvalue weighted by Gasteiger charge is -2.19. The van der Waals surface area contributed by atoms with Gasteiger partial charge in [-0.05, 0) is 25.8 Å². The van der Waals surface area contributed by atoms with Gasteiger partial charge in [-0.15, -0.1) is 11.3 Å². The van der Waals surface area contributed by atoms with E-state index in [4.69, 9.17) is 5.11 Å². The number of aliphatic hydroxyl groups excluding tert-OH is 1. The fourth-order valence-electron chi connectivity index (χ4n) is 2.72. The van der Waals surface area contributed by atoms with Gasteiger partial charge in [0.05, 0.1) is 23.2 Å². The van der Waals surface area contributed by atoms with Crippen LogP contribution in [0.2, 0.25) is 0 Å². The van der Waals surface area contributed by atoms with Gasteiger partial charge in [0.25, 0.3) is 11.5 Å². The standard InChI is InChI=1S/C17H25N3O3S/c1-4-6-7-8-20-11-18-15-13(16(20)22)12(3)14(24-15)17(23)19(5-2)9-10-21/h11,21H,4-10H2,1-3H3. The first kappa shape index (κ1) is 18.6. The molecular weight excluding hydrogens is 326 g/mol. The summed E-state index contributed by atoms with van der Waals surface area (Å²) in [7, 11) is 0. The number of unbranched alkanes of at least 4 members (excludes halogenated alkanes) is 2. The molecule has 132 valence electrons. The zero-order valence-electron chi connectivity index (χ0n) is 14.5. The summed E-state index contributed by atoms with van der Waals surface area (Å²) in [5.41, 5.74) is 0.618. The largest absolute Gasteiger partial charge is 0.395 e. The van der Waals surface area contributed by atoms with E-state index in [-0.39, 0.29) is 24.6 Å². The average molecular weight is 351 g/mol. The SMILES string of the molecule is CCCCCn1cnc2sc(C(=O)N(CC)CCO)c(C)c2c1=O. The molecule has 0 aliphatic carbocycles. The second kappa shape index (κ2) is 8.39. The maximum absolute atomic E-state index is 12.7. The molecule has 6 nitrogen and oxygen atoms in total. The highest BCUT2D eigenvalue weighted by Crippen LogP contribution is 2.28. The molecule has 2 rings (SSSR count). The van der Waals surface area contributed by atoms with Crippen LogP contribution in [0.25, 0.3) is 10.2 Å². The molecule has 0 atom stereocenters. The van der Waals surface area contributed by atoms with E-state index in [2.05, 4.69) is 11.9 Å². The molecule has 24 heavy (non-hydrogen) atoms. The first-order valence-electron chi connectivity index (χ1n) is 8.43. The van der Waals surface area contributed by atoms with Crippen molar-refractivity contribution in [2.75, 3.05) is 19.7 Å². The minimum absolute atomic E-state index is 0.0749. The van der Waals surface area contributed by atoms with Gasteiger partial charge >= 0.3 is 0 Å². The second-order valence-corrected chi connectivity index (χ2v) is 6.79. The fraction of sp³-hybridized carbons (Fsp3) is 0.588. The lowest BCUT2D eigenvalue weighted by molar-refractivity contribution is 0.0736. The molecule has 2 aromatic heterocycles. The van der Waals surface area contributed by atoms with Crippen molar-refractivity contribution in [3.63, 3.8) is 0 Å². The molecule has 0 radical (unpaired) electrons. The number of likely N-dealkylation sites (N-methyl/N-ethyl adjacent to an activating group) is 1. The van der Waals surface area contributed by atoms with Crippen LogP contribution >= 0.6 is 11.3 Å². The first-order valence-corrected chi connectivity index (χ1v) is 9.25. The van der Waals surface area contributed by atoms with Gasteiger partial charge in [-0.3, -0.25) is 14.2 Å². The molecule has 0 saturated carbocycles. The number of aliphatic hydroxyl groups is 1. The molecular formula is C17H25N3O3S. The van der Waals surface area contributed by atoms with E-state index in [1.807, 2.05) is 6.92 Å². The summed E-state index contributed by atoms with van der Waals surface area (Å²) in [6, 6.07) is 0. The minimum Gasteiger partial charge on any atom is -0.395 e. The quantitative estimate of drug-likeness (QED) is 0.741. The van der Waals surface area contributed by atoms with Crippen LogP contribution in [-0.4, -0.2) is 45.2 Å². The number of nitrogens with zero attached hydrogens (tertiary/aromatic N) is 3. The Balaban J connectivity index is 2.41. The molecule has 2 aromatic rings. The smallest absolute Gasteiger partial charge is 0.264 e. The van der Waals surface area contributed by atoms with Crippen LogP contribution in [0, 0.1) is 6.92 Å². The monoisotopic (exact) mass is 351 g/mol. The van der Waals surface area contributed by atoms with E-state index in [1.54, 1.807) is 22.7 Å². The van der Waals surface area contributed by atoms with Crippen molar-refractivity contribution in [2.24, 2.45) is 0 Å². The summed E-state index contributed by atoms with van der Waals surface area (Å²) in [5.74, 6) is -0.149. The maximum Gasteiger partial charge on any atom is 0.264 e. The lowest BCUT2D eigenvalue weighted by atomic mass is 10.2. The molecule has 0 bridgehead atoms. The molecule has 2 heterocycles. The summed E-state index contributed by atoms with van der Waals surface area (Å²) >= 11 is 1.26. The van der Waals surface area contributed by atoms with Crippen molar-refractivity contribution in [3.8, 4) is 0 Å². The zero-order chi connectivity index (χ0) is 17.7. The van der Waals surface area contributed by atoms with E-state index in [0.29, 0.717) is 33.7 Å². The minimum atomic E-state index is -0.149. The van der Waals surface area contributed by atoms with Crippen molar-refractivity contribution in [2.45, 2.75) is 46.6 Å². The van der Waals surface area contributed by atoms with E-state index in [1.165, 1.54) is 11.3 Å². The number of amides is 1. The van der Waals surface area contributed by atoms with Crippen LogP contribution in [-0.2, 0) is 6.54 Å². The Hall–Kier alpha value is -1.73. The van der Waals surface area contributed by atoms with Crippen LogP contribution in [0.4, 0.5) is 0 Å². The molecule has 1 N–H and O–H groups in total. The van der Waals surface area contributed by atoms with Gasteiger partial charge in [0, 0.05) is 19.6 Å². The highest BCUT2D eigenvalue weighted by Gasteiger charge is 2.22. The van der Waals surface area contributed by atoms with E-state index in [9.17, 15) is 9.59 Å². The number of carbonyl (C=O) groups is 1. The Morgan fingerprint density at radius 1 is 1.38 bits per heavy atom. The number of fused-ring (bicyclic) bond motifs is 1. The normalized spacial score (nSPS) is 11.2. The molecule has 0 fully saturated rings. The van der Waals surface area contributed by atoms with Crippen LogP contribution in [0.3, 0.4) is 0 Å². The zero-order valence-corrected chi connectivity index (χ0v) is 15.4. The number of rotatable bonds is 8. The van der Waals surface area contributed by atoms with Gasteiger partial charge in [0.2, 0.25) is 0 Å². The third-order valence-electron chi connectivity index (χ3n) is 4.15. The van der Waals surface area contributed by atoms with Gasteiger partial charge in [-0.25, -0.2) is 4.98 Å². The number of aromatic nitrogens is 2. The average Bonchev–Trinajstić information content (AvgIpc) is 2.92. The summed E-state index contributed by atoms with van der Waals surface area (Å²) in [6.45, 7) is 7.18. The van der Waals surface area contributed by atoms with Gasteiger partial charge in [0.15, 0.2) is 0 Å². The predicted octanol–water partition coefficient (Wildman–Crippen LogP) is 2.41. The molecule has 7 heteroatoms. The Labute approximate surface area is 145 Å². The van der Waals surface area contributed by atoms with E-state index < -0.39 is 0 Å². The molecule has 0 saturated heterocycles. The summed E-state index contributed by atoms with van der Waals surface area (Å²) < 4.78 is 1.64. The Morgan fingerprint density at radius 2 is 2.12 bits per heavy atom. The third-order valence-corrected chi connectivity index (χ3v) is 5.34. The van der Waals surface area contributed by atoms with Gasteiger partial charge in [0.1, 0.15) is 4.83 Å². The molecule has 0 aliphatic heterocycles. The van der Waals surface area contributed by atoms with Crippen LogP contribution in [0.5, 0.6) is 0 Å². The fourth-order valence-corrected chi connectivity index (χ4v) is 3.83. The van der Waals surface area contributed by atoms with Crippen molar-refractivity contribution >= 4 is 27.5 Å². The highest BCUT2D eigenvalue weighted by atomic mass is 32.1. The molecule has 0 aromatic carbocycles. The van der Waals surface area contributed by atoms with Gasteiger partial charge < -0.3 is 10.0 Å². The van der Waals surface area contributed by atoms with Gasteiger partial charge in [-0.2, -0.15) is 0 Å². The lowest BCUT2D eigenvalue weighted by Crippen LogP contribution is -2.33. The first-order chi connectivity index (χ1) is 11.5. The summed E-state index contributed by atoms with van der Waals surface area (Å²) in [4.78, 5) is 32.5. The van der Waals surface area contributed by atoms with Crippen molar-refractivity contribution < 1.29 is 9.90 Å². The second-order valence-electron chi connectivity index (χ2n) is 5.79. The molecule has 0 unspecified atom stereocenters. The van der Waals surface area contributed by atoms with Crippen LogP contribution < -0.4 is 5.56 Å². The van der Waals surface area contributed by atoms with E-state index in [0.717, 1.165) is 19.3 Å². The topological polar surface area (TPSA) is 75.4 Å². The molecule has 0 spiro atoms. The van der Waals surface area contributed by atoms with Crippen molar-refractivity contribution in [1.29, 1.82) is 0 Å². The number of hydrogen-bond acceptors (Lipinski definition) is 5. The Morgan fingerprint density at radius 3 is 2.75 bits per heavy atom. The Kier molecular flexibility index (Phi) is 6.51. The molecule has 0 aliphatic rings. The number of thiophene rings is 1. The van der Waals surface area contributed by atoms with Crippen molar-refractivity contribution in [3.05, 3.63) is 27.1 Å². The van der Waals surface area contributed by atoms with Crippen LogP contribution in [0.1, 0.15) is 48.3 Å². The Bertz CT molecular complexity index is 766. The van der Waals surface area contributed by atoms with Gasteiger partial charge in [-0.1, -0.05) is 19.8 Å². The maximum atomic E-state index is 12.7. The highest BCUT2D eigenvalue weighted by molar-refractivity contribution is 7.20. The number of aryl methyl sites for hydroxylation is 2. The predicted molar refractivity (Wildman–Crippen MR) is 96.8 cm³/mol. The number of carbonyl (C=O) groups excluding carboxylic acids is 1. The summed E-state index contributed by atoms with van der Waals surface area (Å²) in [5, 5.41) is 9.64. The summed E-state index contributed by atoms with van der Waals surface area (Å²) in [6.07, 6.45) is 4.69. The number of hydrogen-bond donors (Lipinski definition) is 1. The van der Waals surface area contributed by atoms with Crippen LogP contribution in [0.15, 0.2) is 11.1 Å². The van der Waals surface area contributed by atoms with E-state index >= 15 is 0 Å².